The second-order valence-corrected chi connectivity index (χ2v) is 9.32. The Balaban J connectivity index is 1.64. The average Bonchev–Trinajstić information content (AvgIpc) is 3.17. The van der Waals surface area contributed by atoms with E-state index in [9.17, 15) is 18.0 Å². The first-order valence-corrected chi connectivity index (χ1v) is 11.5. The van der Waals surface area contributed by atoms with Crippen molar-refractivity contribution >= 4 is 68.1 Å². The molecule has 0 aliphatic rings. The summed E-state index contributed by atoms with van der Waals surface area (Å²) in [5.41, 5.74) is 0.996. The maximum Gasteiger partial charge on any atom is 0.293 e. The zero-order valence-corrected chi connectivity index (χ0v) is 19.5. The number of furan rings is 1. The number of carbonyl (C=O) groups excluding carboxylic acids is 2. The third kappa shape index (κ3) is 5.86. The molecule has 3 N–H and O–H groups in total. The van der Waals surface area contributed by atoms with Gasteiger partial charge in [-0.05, 0) is 66.8 Å². The molecule has 0 spiro atoms. The molecule has 0 aliphatic heterocycles. The second kappa shape index (κ2) is 9.70. The van der Waals surface area contributed by atoms with Crippen molar-refractivity contribution in [1.82, 2.24) is 10.0 Å². The molecule has 0 atom stereocenters. The van der Waals surface area contributed by atoms with Crippen molar-refractivity contribution in [3.05, 3.63) is 70.4 Å². The van der Waals surface area contributed by atoms with Gasteiger partial charge in [-0.15, -0.1) is 0 Å². The van der Waals surface area contributed by atoms with Crippen LogP contribution in [0.5, 0.6) is 0 Å². The smallest absolute Gasteiger partial charge is 0.293 e. The Hall–Kier alpha value is -2.92. The van der Waals surface area contributed by atoms with Crippen LogP contribution in [-0.4, -0.2) is 25.3 Å². The average molecular weight is 512 g/mol. The van der Waals surface area contributed by atoms with E-state index in [0.29, 0.717) is 27.1 Å². The molecule has 0 bridgehead atoms. The monoisotopic (exact) mass is 511 g/mol. The number of halogens is 2. The fourth-order valence-electron chi connectivity index (χ4n) is 2.59. The fourth-order valence-corrected chi connectivity index (χ4v) is 4.29. The molecule has 0 saturated heterocycles. The van der Waals surface area contributed by atoms with Crippen molar-refractivity contribution in [2.75, 3.05) is 5.32 Å². The minimum atomic E-state index is -3.94. The van der Waals surface area contributed by atoms with E-state index in [2.05, 4.69) is 10.6 Å². The summed E-state index contributed by atoms with van der Waals surface area (Å²) < 4.78 is 31.3. The van der Waals surface area contributed by atoms with Gasteiger partial charge in [0.05, 0.1) is 9.92 Å². The Morgan fingerprint density at radius 3 is 2.31 bits per heavy atom. The third-order valence-electron chi connectivity index (χ3n) is 3.95. The van der Waals surface area contributed by atoms with Crippen molar-refractivity contribution in [2.24, 2.45) is 0 Å². The van der Waals surface area contributed by atoms with E-state index < -0.39 is 21.8 Å². The van der Waals surface area contributed by atoms with Crippen LogP contribution in [0.1, 0.15) is 17.5 Å². The zero-order valence-electron chi connectivity index (χ0n) is 16.3. The first kappa shape index (κ1) is 23.7. The molecule has 8 nitrogen and oxygen atoms in total. The standard InChI is InChI=1S/C20H15Cl2N3O5S2/c1-11(26)25-32(28,29)14-5-3-13(4-6-14)23-20(31)24-19(27)18-9-8-17(30-18)15-7-2-12(21)10-16(15)22/h2-10H,1H3,(H,25,26)(H2,23,24,27,31). The molecule has 12 heteroatoms. The molecule has 0 radical (unpaired) electrons. The molecule has 2 aromatic carbocycles. The van der Waals surface area contributed by atoms with Crippen LogP contribution >= 0.6 is 35.4 Å². The lowest BCUT2D eigenvalue weighted by Gasteiger charge is -2.10. The van der Waals surface area contributed by atoms with E-state index >= 15 is 0 Å². The van der Waals surface area contributed by atoms with E-state index in [1.807, 2.05) is 4.72 Å². The van der Waals surface area contributed by atoms with Crippen LogP contribution in [-0.2, 0) is 14.8 Å². The molecule has 1 heterocycles. The predicted octanol–water partition coefficient (Wildman–Crippen LogP) is 4.21. The molecule has 2 amide bonds. The third-order valence-corrected chi connectivity index (χ3v) is 6.15. The molecule has 1 aromatic heterocycles. The minimum absolute atomic E-state index is 0.00640. The van der Waals surface area contributed by atoms with Crippen molar-refractivity contribution in [3.63, 3.8) is 0 Å². The molecular weight excluding hydrogens is 497 g/mol. The summed E-state index contributed by atoms with van der Waals surface area (Å²) in [5, 5.41) is 6.03. The van der Waals surface area contributed by atoms with Gasteiger partial charge in [-0.25, -0.2) is 13.1 Å². The summed E-state index contributed by atoms with van der Waals surface area (Å²) in [5.74, 6) is -0.905. The highest BCUT2D eigenvalue weighted by Gasteiger charge is 2.17. The van der Waals surface area contributed by atoms with Crippen LogP contribution in [0.2, 0.25) is 10.0 Å². The number of nitrogens with one attached hydrogen (secondary N) is 3. The first-order chi connectivity index (χ1) is 15.0. The number of hydrogen-bond donors (Lipinski definition) is 3. The summed E-state index contributed by atoms with van der Waals surface area (Å²) in [6.07, 6.45) is 0. The number of benzene rings is 2. The first-order valence-electron chi connectivity index (χ1n) is 8.86. The predicted molar refractivity (Wildman–Crippen MR) is 125 cm³/mol. The number of carbonyl (C=O) groups is 2. The molecular formula is C20H15Cl2N3O5S2. The Labute approximate surface area is 198 Å². The molecule has 32 heavy (non-hydrogen) atoms. The summed E-state index contributed by atoms with van der Waals surface area (Å²) in [6.45, 7) is 1.10. The molecule has 3 rings (SSSR count). The Kier molecular flexibility index (Phi) is 7.19. The van der Waals surface area contributed by atoms with Crippen LogP contribution in [0.25, 0.3) is 11.3 Å². The van der Waals surface area contributed by atoms with Gasteiger partial charge in [0.2, 0.25) is 5.91 Å². The molecule has 166 valence electrons. The van der Waals surface area contributed by atoms with E-state index in [4.69, 9.17) is 39.8 Å². The maximum absolute atomic E-state index is 12.4. The van der Waals surface area contributed by atoms with Gasteiger partial charge in [-0.1, -0.05) is 23.2 Å². The lowest BCUT2D eigenvalue weighted by Crippen LogP contribution is -2.33. The Morgan fingerprint density at radius 2 is 1.69 bits per heavy atom. The number of anilines is 1. The Morgan fingerprint density at radius 1 is 1.00 bits per heavy atom. The van der Waals surface area contributed by atoms with Crippen LogP contribution in [0.4, 0.5) is 5.69 Å². The van der Waals surface area contributed by atoms with Gasteiger partial charge < -0.3 is 9.73 Å². The van der Waals surface area contributed by atoms with Crippen LogP contribution < -0.4 is 15.4 Å². The lowest BCUT2D eigenvalue weighted by molar-refractivity contribution is -0.117. The SMILES string of the molecule is CC(=O)NS(=O)(=O)c1ccc(NC(=S)NC(=O)c2ccc(-c3ccc(Cl)cc3Cl)o2)cc1. The lowest BCUT2D eigenvalue weighted by atomic mass is 10.2. The largest absolute Gasteiger partial charge is 0.451 e. The van der Waals surface area contributed by atoms with Crippen molar-refractivity contribution in [2.45, 2.75) is 11.8 Å². The van der Waals surface area contributed by atoms with Crippen LogP contribution in [0, 0.1) is 0 Å². The molecule has 0 fully saturated rings. The van der Waals surface area contributed by atoms with E-state index in [-0.39, 0.29) is 15.8 Å². The molecule has 0 unspecified atom stereocenters. The number of sulfonamides is 1. The highest BCUT2D eigenvalue weighted by Crippen LogP contribution is 2.31. The summed E-state index contributed by atoms with van der Waals surface area (Å²) in [4.78, 5) is 23.3. The van der Waals surface area contributed by atoms with Gasteiger partial charge in [0.15, 0.2) is 10.9 Å². The van der Waals surface area contributed by atoms with Crippen LogP contribution in [0.15, 0.2) is 63.9 Å². The van der Waals surface area contributed by atoms with Gasteiger partial charge in [0.1, 0.15) is 5.76 Å². The quantitative estimate of drug-likeness (QED) is 0.439. The zero-order chi connectivity index (χ0) is 23.5. The van der Waals surface area contributed by atoms with Crippen molar-refractivity contribution in [3.8, 4) is 11.3 Å². The van der Waals surface area contributed by atoms with E-state index in [0.717, 1.165) is 6.92 Å². The molecule has 3 aromatic rings. The Bertz CT molecular complexity index is 1310. The number of amides is 2. The molecule has 0 saturated carbocycles. The van der Waals surface area contributed by atoms with Gasteiger partial charge in [0, 0.05) is 23.2 Å². The van der Waals surface area contributed by atoms with E-state index in [1.165, 1.54) is 30.3 Å². The van der Waals surface area contributed by atoms with Gasteiger partial charge in [-0.3, -0.25) is 14.9 Å². The topological polar surface area (TPSA) is 118 Å². The normalized spacial score (nSPS) is 11.0. The summed E-state index contributed by atoms with van der Waals surface area (Å²) >= 11 is 17.2. The maximum atomic E-state index is 12.4. The minimum Gasteiger partial charge on any atom is -0.451 e. The summed E-state index contributed by atoms with van der Waals surface area (Å²) in [6, 6.07) is 13.4. The highest BCUT2D eigenvalue weighted by atomic mass is 35.5. The van der Waals surface area contributed by atoms with Gasteiger partial charge in [-0.2, -0.15) is 0 Å². The highest BCUT2D eigenvalue weighted by molar-refractivity contribution is 7.90. The van der Waals surface area contributed by atoms with Crippen LogP contribution in [0.3, 0.4) is 0 Å². The van der Waals surface area contributed by atoms with E-state index in [1.54, 1.807) is 24.3 Å². The number of rotatable bonds is 5. The van der Waals surface area contributed by atoms with Crippen molar-refractivity contribution < 1.29 is 22.4 Å². The number of thiocarbonyl (C=S) groups is 1. The van der Waals surface area contributed by atoms with Crippen molar-refractivity contribution in [1.29, 1.82) is 0 Å². The number of hydrogen-bond acceptors (Lipinski definition) is 6. The fraction of sp³-hybridized carbons (Fsp3) is 0.0500. The van der Waals surface area contributed by atoms with Gasteiger partial charge >= 0.3 is 0 Å². The van der Waals surface area contributed by atoms with Gasteiger partial charge in [0.25, 0.3) is 15.9 Å². The second-order valence-electron chi connectivity index (χ2n) is 6.38. The molecule has 0 aliphatic carbocycles. The summed E-state index contributed by atoms with van der Waals surface area (Å²) in [7, 11) is -3.94.